The Labute approximate surface area is 122 Å². The van der Waals surface area contributed by atoms with Gasteiger partial charge in [0.1, 0.15) is 5.82 Å². The third-order valence-corrected chi connectivity index (χ3v) is 3.50. The number of benzene rings is 1. The largest absolute Gasteiger partial charge is 0.320 e. The number of nitrogens with one attached hydrogen (secondary N) is 1. The molecule has 19 heavy (non-hydrogen) atoms. The van der Waals surface area contributed by atoms with E-state index in [0.29, 0.717) is 0 Å². The molecule has 0 aliphatic carbocycles. The minimum atomic E-state index is 0.904. The van der Waals surface area contributed by atoms with E-state index < -0.39 is 0 Å². The van der Waals surface area contributed by atoms with E-state index in [0.717, 1.165) is 40.9 Å². The summed E-state index contributed by atoms with van der Waals surface area (Å²) in [4.78, 5) is 9.00. The Bertz CT molecular complexity index is 555. The van der Waals surface area contributed by atoms with E-state index in [-0.39, 0.29) is 0 Å². The molecule has 0 saturated carbocycles. The minimum Gasteiger partial charge on any atom is -0.320 e. The second-order valence-electron chi connectivity index (χ2n) is 4.52. The molecule has 0 fully saturated rings. The van der Waals surface area contributed by atoms with E-state index >= 15 is 0 Å². The standard InChI is InChI=1S/C15H18BrN3/c1-11-5-6-12(16)10-13(11)14-7-9-18-15(19-14)4-3-8-17-2/h5-7,9-10,17H,3-4,8H2,1-2H3. The monoisotopic (exact) mass is 319 g/mol. The molecule has 0 unspecified atom stereocenters. The van der Waals surface area contributed by atoms with Crippen molar-refractivity contribution in [2.75, 3.05) is 13.6 Å². The van der Waals surface area contributed by atoms with E-state index in [1.807, 2.05) is 25.4 Å². The van der Waals surface area contributed by atoms with Crippen LogP contribution in [0.2, 0.25) is 0 Å². The quantitative estimate of drug-likeness (QED) is 0.859. The molecule has 2 aromatic rings. The molecule has 2 rings (SSSR count). The van der Waals surface area contributed by atoms with Gasteiger partial charge >= 0.3 is 0 Å². The van der Waals surface area contributed by atoms with Crippen molar-refractivity contribution in [3.63, 3.8) is 0 Å². The van der Waals surface area contributed by atoms with Crippen LogP contribution in [-0.4, -0.2) is 23.6 Å². The van der Waals surface area contributed by atoms with Crippen LogP contribution >= 0.6 is 15.9 Å². The number of nitrogens with zero attached hydrogens (tertiary/aromatic N) is 2. The SMILES string of the molecule is CNCCCc1nccc(-c2cc(Br)ccc2C)n1. The Morgan fingerprint density at radius 2 is 2.11 bits per heavy atom. The van der Waals surface area contributed by atoms with Crippen molar-refractivity contribution >= 4 is 15.9 Å². The first kappa shape index (κ1) is 14.2. The van der Waals surface area contributed by atoms with Crippen molar-refractivity contribution in [3.8, 4) is 11.3 Å². The van der Waals surface area contributed by atoms with Gasteiger partial charge in [-0.25, -0.2) is 9.97 Å². The van der Waals surface area contributed by atoms with E-state index in [2.05, 4.69) is 50.3 Å². The summed E-state index contributed by atoms with van der Waals surface area (Å²) in [6.45, 7) is 3.09. The number of hydrogen-bond donors (Lipinski definition) is 1. The van der Waals surface area contributed by atoms with Crippen LogP contribution in [0.5, 0.6) is 0 Å². The predicted octanol–water partition coefficient (Wildman–Crippen LogP) is 3.37. The fourth-order valence-electron chi connectivity index (χ4n) is 1.96. The molecular formula is C15H18BrN3. The highest BCUT2D eigenvalue weighted by molar-refractivity contribution is 9.10. The maximum atomic E-state index is 4.66. The van der Waals surface area contributed by atoms with Crippen molar-refractivity contribution in [1.82, 2.24) is 15.3 Å². The fraction of sp³-hybridized carbons (Fsp3) is 0.333. The fourth-order valence-corrected chi connectivity index (χ4v) is 2.32. The van der Waals surface area contributed by atoms with Crippen LogP contribution in [0.1, 0.15) is 17.8 Å². The van der Waals surface area contributed by atoms with Gasteiger partial charge in [-0.3, -0.25) is 0 Å². The molecule has 0 amide bonds. The molecule has 1 aromatic carbocycles. The van der Waals surface area contributed by atoms with Gasteiger partial charge < -0.3 is 5.32 Å². The third kappa shape index (κ3) is 3.85. The lowest BCUT2D eigenvalue weighted by Crippen LogP contribution is -2.09. The van der Waals surface area contributed by atoms with Crippen molar-refractivity contribution in [2.24, 2.45) is 0 Å². The first-order valence-corrected chi connectivity index (χ1v) is 7.23. The molecule has 4 heteroatoms. The summed E-state index contributed by atoms with van der Waals surface area (Å²) in [7, 11) is 1.96. The van der Waals surface area contributed by atoms with Gasteiger partial charge in [-0.05, 0) is 50.7 Å². The number of aryl methyl sites for hydroxylation is 2. The average Bonchev–Trinajstić information content (AvgIpc) is 2.42. The summed E-state index contributed by atoms with van der Waals surface area (Å²) in [6.07, 6.45) is 3.80. The van der Waals surface area contributed by atoms with Gasteiger partial charge in [0.25, 0.3) is 0 Å². The highest BCUT2D eigenvalue weighted by Gasteiger charge is 2.06. The molecule has 0 radical (unpaired) electrons. The second-order valence-corrected chi connectivity index (χ2v) is 5.44. The van der Waals surface area contributed by atoms with Gasteiger partial charge in [0.05, 0.1) is 5.69 Å². The Balaban J connectivity index is 2.24. The third-order valence-electron chi connectivity index (χ3n) is 3.01. The van der Waals surface area contributed by atoms with Gasteiger partial charge in [0.2, 0.25) is 0 Å². The summed E-state index contributed by atoms with van der Waals surface area (Å²) in [6, 6.07) is 8.22. The molecule has 1 aromatic heterocycles. The summed E-state index contributed by atoms with van der Waals surface area (Å²) < 4.78 is 1.07. The zero-order valence-corrected chi connectivity index (χ0v) is 12.9. The van der Waals surface area contributed by atoms with Crippen molar-refractivity contribution in [2.45, 2.75) is 19.8 Å². The van der Waals surface area contributed by atoms with E-state index in [9.17, 15) is 0 Å². The normalized spacial score (nSPS) is 10.7. The number of aromatic nitrogens is 2. The summed E-state index contributed by atoms with van der Waals surface area (Å²) in [5.41, 5.74) is 3.38. The summed E-state index contributed by atoms with van der Waals surface area (Å²) in [5.74, 6) is 0.909. The first-order chi connectivity index (χ1) is 9.20. The maximum Gasteiger partial charge on any atom is 0.128 e. The van der Waals surface area contributed by atoms with Crippen molar-refractivity contribution in [3.05, 3.63) is 46.3 Å². The minimum absolute atomic E-state index is 0.904. The van der Waals surface area contributed by atoms with Crippen LogP contribution in [0.4, 0.5) is 0 Å². The summed E-state index contributed by atoms with van der Waals surface area (Å²) in [5, 5.41) is 3.14. The topological polar surface area (TPSA) is 37.8 Å². The second kappa shape index (κ2) is 6.78. The molecule has 0 bridgehead atoms. The van der Waals surface area contributed by atoms with Crippen molar-refractivity contribution in [1.29, 1.82) is 0 Å². The van der Waals surface area contributed by atoms with E-state index in [1.54, 1.807) is 0 Å². The highest BCUT2D eigenvalue weighted by Crippen LogP contribution is 2.25. The molecule has 0 saturated heterocycles. The Hall–Kier alpha value is -1.26. The zero-order valence-electron chi connectivity index (χ0n) is 11.3. The maximum absolute atomic E-state index is 4.66. The van der Waals surface area contributed by atoms with Crippen LogP contribution in [0, 0.1) is 6.92 Å². The van der Waals surface area contributed by atoms with E-state index in [4.69, 9.17) is 0 Å². The molecular weight excluding hydrogens is 302 g/mol. The molecule has 0 aliphatic rings. The summed E-state index contributed by atoms with van der Waals surface area (Å²) >= 11 is 3.51. The molecule has 0 atom stereocenters. The smallest absolute Gasteiger partial charge is 0.128 e. The predicted molar refractivity (Wildman–Crippen MR) is 82.2 cm³/mol. The number of halogens is 1. The van der Waals surface area contributed by atoms with Crippen LogP contribution in [0.15, 0.2) is 34.9 Å². The molecule has 0 aliphatic heterocycles. The average molecular weight is 320 g/mol. The lowest BCUT2D eigenvalue weighted by molar-refractivity contribution is 0.702. The first-order valence-electron chi connectivity index (χ1n) is 6.44. The van der Waals surface area contributed by atoms with Crippen LogP contribution in [0.25, 0.3) is 11.3 Å². The van der Waals surface area contributed by atoms with Crippen molar-refractivity contribution < 1.29 is 0 Å². The number of rotatable bonds is 5. The molecule has 1 N–H and O–H groups in total. The molecule has 3 nitrogen and oxygen atoms in total. The van der Waals surface area contributed by atoms with Crippen LogP contribution < -0.4 is 5.32 Å². The highest BCUT2D eigenvalue weighted by atomic mass is 79.9. The van der Waals surface area contributed by atoms with Crippen LogP contribution in [0.3, 0.4) is 0 Å². The van der Waals surface area contributed by atoms with Crippen LogP contribution in [-0.2, 0) is 6.42 Å². The Morgan fingerprint density at radius 1 is 1.26 bits per heavy atom. The van der Waals surface area contributed by atoms with Gasteiger partial charge in [-0.1, -0.05) is 22.0 Å². The lowest BCUT2D eigenvalue weighted by atomic mass is 10.1. The van der Waals surface area contributed by atoms with Gasteiger partial charge in [0.15, 0.2) is 0 Å². The van der Waals surface area contributed by atoms with E-state index in [1.165, 1.54) is 5.56 Å². The molecule has 1 heterocycles. The Morgan fingerprint density at radius 3 is 2.89 bits per heavy atom. The van der Waals surface area contributed by atoms with Gasteiger partial charge in [-0.15, -0.1) is 0 Å². The zero-order chi connectivity index (χ0) is 13.7. The van der Waals surface area contributed by atoms with Gasteiger partial charge in [0, 0.05) is 22.7 Å². The van der Waals surface area contributed by atoms with Gasteiger partial charge in [-0.2, -0.15) is 0 Å². The number of hydrogen-bond acceptors (Lipinski definition) is 3. The Kier molecular flexibility index (Phi) is 5.05. The molecule has 100 valence electrons. The lowest BCUT2D eigenvalue weighted by Gasteiger charge is -2.07. The molecule has 0 spiro atoms.